The van der Waals surface area contributed by atoms with Gasteiger partial charge in [-0.2, -0.15) is 0 Å². The van der Waals surface area contributed by atoms with E-state index in [9.17, 15) is 4.79 Å². The van der Waals surface area contributed by atoms with Crippen molar-refractivity contribution in [3.8, 4) is 0 Å². The van der Waals surface area contributed by atoms with Crippen molar-refractivity contribution in [2.24, 2.45) is 0 Å². The highest BCUT2D eigenvalue weighted by Gasteiger charge is 2.05. The van der Waals surface area contributed by atoms with E-state index in [-0.39, 0.29) is 5.91 Å². The molecular formula is C14H18N4O. The lowest BCUT2D eigenvalue weighted by atomic mass is 10.2. The maximum absolute atomic E-state index is 11.8. The van der Waals surface area contributed by atoms with Crippen molar-refractivity contribution in [3.63, 3.8) is 0 Å². The van der Waals surface area contributed by atoms with Crippen LogP contribution in [0.25, 0.3) is 0 Å². The summed E-state index contributed by atoms with van der Waals surface area (Å²) in [6.07, 6.45) is 4.35. The number of amides is 1. The van der Waals surface area contributed by atoms with E-state index < -0.39 is 0 Å². The smallest absolute Gasteiger partial charge is 0.251 e. The number of carbonyl (C=O) groups excluding carboxylic acids is 1. The number of imidazole rings is 1. The van der Waals surface area contributed by atoms with Crippen LogP contribution in [0, 0.1) is 0 Å². The van der Waals surface area contributed by atoms with Crippen LogP contribution in [0.2, 0.25) is 0 Å². The molecular weight excluding hydrogens is 240 g/mol. The Hall–Kier alpha value is -2.30. The van der Waals surface area contributed by atoms with Gasteiger partial charge in [-0.3, -0.25) is 4.79 Å². The number of nitrogens with zero attached hydrogens (tertiary/aromatic N) is 1. The third-order valence-electron chi connectivity index (χ3n) is 2.70. The Labute approximate surface area is 112 Å². The number of hydrogen-bond acceptors (Lipinski definition) is 3. The first-order valence-corrected chi connectivity index (χ1v) is 6.39. The van der Waals surface area contributed by atoms with E-state index in [0.717, 1.165) is 17.8 Å². The van der Waals surface area contributed by atoms with Gasteiger partial charge >= 0.3 is 0 Å². The van der Waals surface area contributed by atoms with E-state index in [1.54, 1.807) is 12.5 Å². The molecule has 1 amide bonds. The van der Waals surface area contributed by atoms with Crippen LogP contribution in [0.1, 0.15) is 29.4 Å². The summed E-state index contributed by atoms with van der Waals surface area (Å²) < 4.78 is 0. The number of H-pyrrole nitrogens is 1. The largest absolute Gasteiger partial charge is 0.379 e. The number of aromatic nitrogens is 2. The fourth-order valence-corrected chi connectivity index (χ4v) is 1.69. The Morgan fingerprint density at radius 2 is 2.32 bits per heavy atom. The zero-order chi connectivity index (χ0) is 13.5. The van der Waals surface area contributed by atoms with Crippen LogP contribution in [0.4, 0.5) is 5.69 Å². The topological polar surface area (TPSA) is 69.8 Å². The number of nitrogens with one attached hydrogen (secondary N) is 3. The molecule has 100 valence electrons. The molecule has 0 aliphatic rings. The maximum atomic E-state index is 11.8. The number of aromatic amines is 1. The molecule has 0 spiro atoms. The molecule has 5 nitrogen and oxygen atoms in total. The molecule has 0 fully saturated rings. The summed E-state index contributed by atoms with van der Waals surface area (Å²) in [5.41, 5.74) is 2.59. The molecule has 0 radical (unpaired) electrons. The molecule has 2 aromatic rings. The van der Waals surface area contributed by atoms with Crippen molar-refractivity contribution in [2.45, 2.75) is 19.9 Å². The molecule has 1 heterocycles. The average Bonchev–Trinajstić information content (AvgIpc) is 2.96. The minimum atomic E-state index is -0.0351. The quantitative estimate of drug-likeness (QED) is 0.743. The molecule has 0 aliphatic heterocycles. The molecule has 0 unspecified atom stereocenters. The first kappa shape index (κ1) is 13.1. The Balaban J connectivity index is 1.96. The minimum Gasteiger partial charge on any atom is -0.379 e. The van der Waals surface area contributed by atoms with E-state index in [1.165, 1.54) is 0 Å². The summed E-state index contributed by atoms with van der Waals surface area (Å²) in [6.45, 7) is 3.38. The van der Waals surface area contributed by atoms with Crippen LogP contribution in [0.5, 0.6) is 0 Å². The molecule has 0 atom stereocenters. The van der Waals surface area contributed by atoms with Gasteiger partial charge in [-0.25, -0.2) is 4.98 Å². The highest BCUT2D eigenvalue weighted by Crippen LogP contribution is 2.11. The van der Waals surface area contributed by atoms with E-state index in [0.29, 0.717) is 18.7 Å². The van der Waals surface area contributed by atoms with E-state index in [1.807, 2.05) is 31.2 Å². The molecule has 19 heavy (non-hydrogen) atoms. The molecule has 1 aromatic heterocycles. The summed E-state index contributed by atoms with van der Waals surface area (Å²) >= 11 is 0. The Morgan fingerprint density at radius 3 is 3.05 bits per heavy atom. The molecule has 0 aliphatic carbocycles. The minimum absolute atomic E-state index is 0.0351. The SMILES string of the molecule is CCCNC(=O)c1cccc(NCc2cnc[nH]2)c1. The maximum Gasteiger partial charge on any atom is 0.251 e. The Kier molecular flexibility index (Phi) is 4.55. The summed E-state index contributed by atoms with van der Waals surface area (Å²) in [5.74, 6) is -0.0351. The van der Waals surface area contributed by atoms with Crippen LogP contribution in [-0.4, -0.2) is 22.4 Å². The lowest BCUT2D eigenvalue weighted by molar-refractivity contribution is 0.0953. The van der Waals surface area contributed by atoms with Crippen molar-refractivity contribution in [2.75, 3.05) is 11.9 Å². The van der Waals surface area contributed by atoms with Crippen molar-refractivity contribution in [1.29, 1.82) is 0 Å². The second-order valence-electron chi connectivity index (χ2n) is 4.27. The van der Waals surface area contributed by atoms with E-state index in [2.05, 4.69) is 20.6 Å². The molecule has 0 saturated heterocycles. The van der Waals surface area contributed by atoms with E-state index in [4.69, 9.17) is 0 Å². The third-order valence-corrected chi connectivity index (χ3v) is 2.70. The standard InChI is InChI=1S/C14H18N4O/c1-2-6-16-14(19)11-4-3-5-12(7-11)17-9-13-8-15-10-18-13/h3-5,7-8,10,17H,2,6,9H2,1H3,(H,15,18)(H,16,19). The van der Waals surface area contributed by atoms with Crippen molar-refractivity contribution in [3.05, 3.63) is 48.0 Å². The van der Waals surface area contributed by atoms with Crippen LogP contribution in [-0.2, 0) is 6.54 Å². The zero-order valence-electron chi connectivity index (χ0n) is 10.9. The molecule has 0 saturated carbocycles. The van der Waals surface area contributed by atoms with Crippen LogP contribution < -0.4 is 10.6 Å². The molecule has 5 heteroatoms. The second kappa shape index (κ2) is 6.58. The lowest BCUT2D eigenvalue weighted by Gasteiger charge is -2.08. The van der Waals surface area contributed by atoms with Gasteiger partial charge < -0.3 is 15.6 Å². The number of rotatable bonds is 6. The lowest BCUT2D eigenvalue weighted by Crippen LogP contribution is -2.23. The highest BCUT2D eigenvalue weighted by atomic mass is 16.1. The first-order valence-electron chi connectivity index (χ1n) is 6.39. The normalized spacial score (nSPS) is 10.2. The van der Waals surface area contributed by atoms with Gasteiger partial charge in [-0.05, 0) is 24.6 Å². The highest BCUT2D eigenvalue weighted by molar-refractivity contribution is 5.95. The molecule has 2 rings (SSSR count). The Bertz CT molecular complexity index is 522. The summed E-state index contributed by atoms with van der Waals surface area (Å²) in [4.78, 5) is 18.8. The molecule has 1 aromatic carbocycles. The third kappa shape index (κ3) is 3.84. The fourth-order valence-electron chi connectivity index (χ4n) is 1.69. The first-order chi connectivity index (χ1) is 9.29. The Morgan fingerprint density at radius 1 is 1.42 bits per heavy atom. The van der Waals surface area contributed by atoms with Gasteiger partial charge in [0.1, 0.15) is 0 Å². The zero-order valence-corrected chi connectivity index (χ0v) is 10.9. The van der Waals surface area contributed by atoms with Crippen LogP contribution >= 0.6 is 0 Å². The van der Waals surface area contributed by atoms with Gasteiger partial charge in [0, 0.05) is 24.0 Å². The van der Waals surface area contributed by atoms with Crippen LogP contribution in [0.3, 0.4) is 0 Å². The fraction of sp³-hybridized carbons (Fsp3) is 0.286. The summed E-state index contributed by atoms with van der Waals surface area (Å²) in [6, 6.07) is 7.47. The predicted molar refractivity (Wildman–Crippen MR) is 75.0 cm³/mol. The van der Waals surface area contributed by atoms with Gasteiger partial charge in [-0.15, -0.1) is 0 Å². The van der Waals surface area contributed by atoms with Crippen LogP contribution in [0.15, 0.2) is 36.8 Å². The van der Waals surface area contributed by atoms with Gasteiger partial charge in [0.25, 0.3) is 5.91 Å². The average molecular weight is 258 g/mol. The van der Waals surface area contributed by atoms with Crippen molar-refractivity contribution < 1.29 is 4.79 Å². The van der Waals surface area contributed by atoms with Gasteiger partial charge in [-0.1, -0.05) is 13.0 Å². The second-order valence-corrected chi connectivity index (χ2v) is 4.27. The number of carbonyl (C=O) groups is 1. The summed E-state index contributed by atoms with van der Waals surface area (Å²) in [5, 5.41) is 6.11. The molecule has 3 N–H and O–H groups in total. The van der Waals surface area contributed by atoms with E-state index >= 15 is 0 Å². The number of anilines is 1. The number of benzene rings is 1. The van der Waals surface area contributed by atoms with Gasteiger partial charge in [0.05, 0.1) is 18.6 Å². The van der Waals surface area contributed by atoms with Crippen molar-refractivity contribution >= 4 is 11.6 Å². The summed E-state index contributed by atoms with van der Waals surface area (Å²) in [7, 11) is 0. The van der Waals surface area contributed by atoms with Gasteiger partial charge in [0.15, 0.2) is 0 Å². The monoisotopic (exact) mass is 258 g/mol. The van der Waals surface area contributed by atoms with Gasteiger partial charge in [0.2, 0.25) is 0 Å². The predicted octanol–water partition coefficient (Wildman–Crippen LogP) is 2.16. The van der Waals surface area contributed by atoms with Crippen molar-refractivity contribution in [1.82, 2.24) is 15.3 Å². The number of hydrogen-bond donors (Lipinski definition) is 3. The molecule has 0 bridgehead atoms.